The van der Waals surface area contributed by atoms with Crippen LogP contribution in [0.3, 0.4) is 0 Å². The number of para-hydroxylation sites is 2. The van der Waals surface area contributed by atoms with Crippen LogP contribution in [0.15, 0.2) is 53.4 Å². The van der Waals surface area contributed by atoms with Crippen LogP contribution in [0.4, 0.5) is 11.6 Å². The van der Waals surface area contributed by atoms with E-state index < -0.39 is 10.0 Å². The van der Waals surface area contributed by atoms with Gasteiger partial charge in [-0.25, -0.2) is 18.4 Å². The zero-order chi connectivity index (χ0) is 24.6. The zero-order valence-electron chi connectivity index (χ0n) is 20.3. The van der Waals surface area contributed by atoms with Gasteiger partial charge in [-0.2, -0.15) is 0 Å². The highest BCUT2D eigenvalue weighted by atomic mass is 32.2. The van der Waals surface area contributed by atoms with E-state index in [2.05, 4.69) is 48.0 Å². The van der Waals surface area contributed by atoms with Crippen molar-refractivity contribution in [1.29, 1.82) is 0 Å². The van der Waals surface area contributed by atoms with Crippen molar-refractivity contribution in [2.45, 2.75) is 69.5 Å². The van der Waals surface area contributed by atoms with E-state index in [1.165, 1.54) is 12.1 Å². The standard InChI is InChI=1S/C25H33N5O3S/c1-6-33-18-11-13-19(14-12-18)34(31,32)29-23-22(27-20-9-7-8-10-21(20)28-23)26-17-15-24(2,3)30-25(4,5)16-17/h7-14,17,30H,6,15-16H2,1-5H3,(H,26,27)(H,28,29). The lowest BCUT2D eigenvalue weighted by Crippen LogP contribution is -2.60. The molecule has 0 aliphatic carbocycles. The Labute approximate surface area is 201 Å². The van der Waals surface area contributed by atoms with Crippen LogP contribution in [0.5, 0.6) is 5.75 Å². The van der Waals surface area contributed by atoms with E-state index in [4.69, 9.17) is 9.72 Å². The highest BCUT2D eigenvalue weighted by Gasteiger charge is 2.38. The number of anilines is 2. The van der Waals surface area contributed by atoms with Crippen LogP contribution < -0.4 is 20.1 Å². The Morgan fingerprint density at radius 2 is 1.50 bits per heavy atom. The van der Waals surface area contributed by atoms with Crippen LogP contribution in [0, 0.1) is 0 Å². The van der Waals surface area contributed by atoms with Crippen LogP contribution >= 0.6 is 0 Å². The molecule has 9 heteroatoms. The van der Waals surface area contributed by atoms with Crippen molar-refractivity contribution in [3.63, 3.8) is 0 Å². The van der Waals surface area contributed by atoms with E-state index in [-0.39, 0.29) is 27.8 Å². The molecule has 8 nitrogen and oxygen atoms in total. The quantitative estimate of drug-likeness (QED) is 0.453. The third-order valence-corrected chi connectivity index (χ3v) is 7.13. The van der Waals surface area contributed by atoms with Crippen molar-refractivity contribution < 1.29 is 13.2 Å². The second-order valence-corrected chi connectivity index (χ2v) is 11.7. The Balaban J connectivity index is 1.68. The van der Waals surface area contributed by atoms with Crippen LogP contribution in [0.1, 0.15) is 47.5 Å². The van der Waals surface area contributed by atoms with Crippen molar-refractivity contribution in [3.05, 3.63) is 48.5 Å². The Bertz CT molecular complexity index is 1260. The van der Waals surface area contributed by atoms with E-state index in [0.29, 0.717) is 29.2 Å². The van der Waals surface area contributed by atoms with E-state index >= 15 is 0 Å². The predicted molar refractivity (Wildman–Crippen MR) is 136 cm³/mol. The number of hydrogen-bond donors (Lipinski definition) is 3. The summed E-state index contributed by atoms with van der Waals surface area (Å²) in [7, 11) is -3.88. The van der Waals surface area contributed by atoms with Crippen LogP contribution in [0.2, 0.25) is 0 Å². The minimum absolute atomic E-state index is 0.0777. The molecular formula is C25H33N5O3S. The molecule has 1 aromatic heterocycles. The Kier molecular flexibility index (Phi) is 6.44. The second-order valence-electron chi connectivity index (χ2n) is 10.1. The number of rotatable bonds is 7. The molecule has 3 N–H and O–H groups in total. The largest absolute Gasteiger partial charge is 0.494 e. The van der Waals surface area contributed by atoms with Gasteiger partial charge in [-0.3, -0.25) is 4.72 Å². The maximum atomic E-state index is 13.2. The molecule has 0 saturated carbocycles. The Morgan fingerprint density at radius 3 is 2.06 bits per heavy atom. The van der Waals surface area contributed by atoms with Gasteiger partial charge in [0.2, 0.25) is 0 Å². The number of fused-ring (bicyclic) bond motifs is 1. The van der Waals surface area contributed by atoms with E-state index in [1.807, 2.05) is 31.2 Å². The number of aromatic nitrogens is 2. The molecule has 1 saturated heterocycles. The minimum atomic E-state index is -3.88. The van der Waals surface area contributed by atoms with E-state index in [1.54, 1.807) is 12.1 Å². The maximum Gasteiger partial charge on any atom is 0.263 e. The smallest absolute Gasteiger partial charge is 0.263 e. The summed E-state index contributed by atoms with van der Waals surface area (Å²) < 4.78 is 34.5. The molecule has 1 fully saturated rings. The fraction of sp³-hybridized carbons (Fsp3) is 0.440. The summed E-state index contributed by atoms with van der Waals surface area (Å²) in [5, 5.41) is 7.16. The van der Waals surface area contributed by atoms with Crippen LogP contribution in [0.25, 0.3) is 11.0 Å². The third kappa shape index (κ3) is 5.59. The first-order valence-corrected chi connectivity index (χ1v) is 13.0. The number of ether oxygens (including phenoxy) is 1. The normalized spacial score (nSPS) is 17.9. The molecular weight excluding hydrogens is 450 g/mol. The van der Waals surface area contributed by atoms with Crippen LogP contribution in [-0.2, 0) is 10.0 Å². The molecule has 0 atom stereocenters. The fourth-order valence-electron chi connectivity index (χ4n) is 4.86. The highest BCUT2D eigenvalue weighted by molar-refractivity contribution is 7.92. The topological polar surface area (TPSA) is 105 Å². The molecule has 1 aliphatic rings. The highest BCUT2D eigenvalue weighted by Crippen LogP contribution is 2.32. The molecule has 0 radical (unpaired) electrons. The van der Waals surface area contributed by atoms with Crippen molar-refractivity contribution in [1.82, 2.24) is 15.3 Å². The number of sulfonamides is 1. The summed E-state index contributed by atoms with van der Waals surface area (Å²) in [5.41, 5.74) is 1.15. The lowest BCUT2D eigenvalue weighted by molar-refractivity contribution is 0.170. The summed E-state index contributed by atoms with van der Waals surface area (Å²) in [6, 6.07) is 13.8. The number of piperidine rings is 1. The fourth-order valence-corrected chi connectivity index (χ4v) is 5.87. The van der Waals surface area contributed by atoms with Gasteiger partial charge in [0.1, 0.15) is 5.75 Å². The summed E-state index contributed by atoms with van der Waals surface area (Å²) in [6.45, 7) is 11.1. The summed E-state index contributed by atoms with van der Waals surface area (Å²) in [5.74, 6) is 1.22. The molecule has 3 aromatic rings. The van der Waals surface area contributed by atoms with Crippen LogP contribution in [-0.4, -0.2) is 42.1 Å². The average Bonchev–Trinajstić information content (AvgIpc) is 2.72. The van der Waals surface area contributed by atoms with Gasteiger partial charge in [-0.15, -0.1) is 0 Å². The van der Waals surface area contributed by atoms with Gasteiger partial charge in [-0.05, 0) is 83.9 Å². The molecule has 0 amide bonds. The van der Waals surface area contributed by atoms with Crippen molar-refractivity contribution >= 4 is 32.7 Å². The third-order valence-electron chi connectivity index (χ3n) is 5.78. The first-order valence-electron chi connectivity index (χ1n) is 11.5. The van der Waals surface area contributed by atoms with Gasteiger partial charge < -0.3 is 15.4 Å². The SMILES string of the molecule is CCOc1ccc(S(=O)(=O)Nc2nc3ccccc3nc2NC2CC(C)(C)NC(C)(C)C2)cc1. The monoisotopic (exact) mass is 483 g/mol. The molecule has 2 heterocycles. The number of benzene rings is 2. The number of nitrogens with one attached hydrogen (secondary N) is 3. The van der Waals surface area contributed by atoms with Gasteiger partial charge in [0, 0.05) is 17.1 Å². The Hall–Kier alpha value is -2.91. The molecule has 0 spiro atoms. The second kappa shape index (κ2) is 9.03. The lowest BCUT2D eigenvalue weighted by Gasteiger charge is -2.46. The van der Waals surface area contributed by atoms with Gasteiger partial charge in [-0.1, -0.05) is 12.1 Å². The molecule has 0 bridgehead atoms. The molecule has 4 rings (SSSR count). The van der Waals surface area contributed by atoms with E-state index in [0.717, 1.165) is 12.8 Å². The molecule has 1 aliphatic heterocycles. The molecule has 34 heavy (non-hydrogen) atoms. The van der Waals surface area contributed by atoms with Gasteiger partial charge in [0.15, 0.2) is 11.6 Å². The first kappa shape index (κ1) is 24.2. The minimum Gasteiger partial charge on any atom is -0.494 e. The van der Waals surface area contributed by atoms with Crippen molar-refractivity contribution in [2.75, 3.05) is 16.6 Å². The number of hydrogen-bond acceptors (Lipinski definition) is 7. The molecule has 182 valence electrons. The van der Waals surface area contributed by atoms with Gasteiger partial charge >= 0.3 is 0 Å². The molecule has 2 aromatic carbocycles. The number of nitrogens with zero attached hydrogens (tertiary/aromatic N) is 2. The maximum absolute atomic E-state index is 13.2. The zero-order valence-corrected chi connectivity index (χ0v) is 21.2. The summed E-state index contributed by atoms with van der Waals surface area (Å²) in [6.07, 6.45) is 1.71. The first-order chi connectivity index (χ1) is 16.0. The van der Waals surface area contributed by atoms with Crippen molar-refractivity contribution in [3.8, 4) is 5.75 Å². The summed E-state index contributed by atoms with van der Waals surface area (Å²) >= 11 is 0. The molecule has 0 unspecified atom stereocenters. The Morgan fingerprint density at radius 1 is 0.941 bits per heavy atom. The van der Waals surface area contributed by atoms with E-state index in [9.17, 15) is 8.42 Å². The average molecular weight is 484 g/mol. The summed E-state index contributed by atoms with van der Waals surface area (Å²) in [4.78, 5) is 9.48. The predicted octanol–water partition coefficient (Wildman–Crippen LogP) is 4.55. The van der Waals surface area contributed by atoms with Gasteiger partial charge in [0.05, 0.1) is 22.5 Å². The lowest BCUT2D eigenvalue weighted by atomic mass is 9.79. The van der Waals surface area contributed by atoms with Crippen molar-refractivity contribution in [2.24, 2.45) is 0 Å². The van der Waals surface area contributed by atoms with Gasteiger partial charge in [0.25, 0.3) is 10.0 Å².